The lowest BCUT2D eigenvalue weighted by atomic mass is 9.84. The minimum absolute atomic E-state index is 0.0124. The van der Waals surface area contributed by atoms with Gasteiger partial charge in [-0.25, -0.2) is 14.1 Å². The number of rotatable bonds is 14. The number of carbonyl (C=O) groups excluding carboxylic acids is 2. The number of ketones is 1. The predicted octanol–water partition coefficient (Wildman–Crippen LogP) is 0.822. The molecule has 1 saturated heterocycles. The van der Waals surface area contributed by atoms with Gasteiger partial charge in [-0.05, 0) is 26.5 Å². The molecule has 2 atom stereocenters. The average Bonchev–Trinajstić information content (AvgIpc) is 3.55. The SMILES string of the molecule is CN(Cc1ccccc1)Cc1cnn(C[C@@H]2[C@H](CC(=O)/C(=N\OC(C)(C)C(=O)O)c3csc(N)n3)C(=O)N2S(=O)(=O)O)n1. The van der Waals surface area contributed by atoms with Crippen LogP contribution in [0.3, 0.4) is 0 Å². The second kappa shape index (κ2) is 12.5. The number of hydrogen-bond donors (Lipinski definition) is 3. The van der Waals surface area contributed by atoms with Gasteiger partial charge < -0.3 is 15.7 Å². The fourth-order valence-electron chi connectivity index (χ4n) is 4.30. The molecule has 0 bridgehead atoms. The Hall–Kier alpha value is -4.26. The van der Waals surface area contributed by atoms with Crippen molar-refractivity contribution in [3.05, 3.63) is 58.9 Å². The minimum atomic E-state index is -4.96. The number of nitrogen functional groups attached to an aromatic ring is 1. The third-order valence-corrected chi connectivity index (χ3v) is 8.15. The average molecular weight is 635 g/mol. The summed E-state index contributed by atoms with van der Waals surface area (Å²) in [5, 5.41) is 23.1. The number of carbonyl (C=O) groups is 3. The number of aromatic nitrogens is 4. The Kier molecular flexibility index (Phi) is 9.24. The number of Topliss-reactive ketones (excluding diaryl/α,β-unsaturated/α-hetero) is 1. The van der Waals surface area contributed by atoms with Crippen molar-refractivity contribution in [1.29, 1.82) is 0 Å². The highest BCUT2D eigenvalue weighted by atomic mass is 32.2. The van der Waals surface area contributed by atoms with Crippen molar-refractivity contribution in [2.24, 2.45) is 11.1 Å². The molecule has 3 aromatic rings. The number of amides is 1. The van der Waals surface area contributed by atoms with Gasteiger partial charge in [0.15, 0.2) is 16.6 Å². The first-order chi connectivity index (χ1) is 20.2. The number of nitrogens with two attached hydrogens (primary N) is 1. The van der Waals surface area contributed by atoms with Gasteiger partial charge in [0, 0.05) is 24.9 Å². The molecule has 0 unspecified atom stereocenters. The molecule has 18 heteroatoms. The highest BCUT2D eigenvalue weighted by Gasteiger charge is 2.54. The van der Waals surface area contributed by atoms with Gasteiger partial charge in [-0.1, -0.05) is 35.5 Å². The number of nitrogens with zero attached hydrogens (tertiary/aromatic N) is 7. The molecule has 16 nitrogen and oxygen atoms in total. The number of thiazole rings is 1. The number of oxime groups is 1. The molecule has 0 saturated carbocycles. The number of aliphatic carboxylic acids is 1. The van der Waals surface area contributed by atoms with E-state index in [9.17, 15) is 32.5 Å². The van der Waals surface area contributed by atoms with Crippen LogP contribution in [-0.2, 0) is 49.2 Å². The van der Waals surface area contributed by atoms with Crippen LogP contribution in [0, 0.1) is 5.92 Å². The normalized spacial score (nSPS) is 17.7. The second-order valence-electron chi connectivity index (χ2n) is 10.4. The van der Waals surface area contributed by atoms with Gasteiger partial charge in [-0.15, -0.1) is 11.3 Å². The summed E-state index contributed by atoms with van der Waals surface area (Å²) in [5.74, 6) is -4.37. The summed E-state index contributed by atoms with van der Waals surface area (Å²) in [7, 11) is -3.06. The van der Waals surface area contributed by atoms with Crippen LogP contribution in [0.15, 0.2) is 47.1 Å². The van der Waals surface area contributed by atoms with E-state index in [2.05, 4.69) is 20.3 Å². The largest absolute Gasteiger partial charge is 0.478 e. The van der Waals surface area contributed by atoms with Gasteiger partial charge in [0.25, 0.3) is 0 Å². The zero-order valence-corrected chi connectivity index (χ0v) is 25.0. The first-order valence-corrected chi connectivity index (χ1v) is 15.1. The van der Waals surface area contributed by atoms with Crippen LogP contribution < -0.4 is 5.73 Å². The van der Waals surface area contributed by atoms with E-state index in [1.165, 1.54) is 30.2 Å². The topological polar surface area (TPSA) is 224 Å². The molecule has 1 aromatic carbocycles. The molecule has 1 aliphatic rings. The van der Waals surface area contributed by atoms with Crippen LogP contribution >= 0.6 is 11.3 Å². The third kappa shape index (κ3) is 7.58. The summed E-state index contributed by atoms with van der Waals surface area (Å²) in [4.78, 5) is 49.9. The molecule has 43 heavy (non-hydrogen) atoms. The number of anilines is 1. The Bertz CT molecular complexity index is 1640. The first-order valence-electron chi connectivity index (χ1n) is 12.8. The molecular formula is C25H30N8O8S2. The summed E-state index contributed by atoms with van der Waals surface area (Å²) in [6.45, 7) is 3.26. The van der Waals surface area contributed by atoms with E-state index >= 15 is 0 Å². The van der Waals surface area contributed by atoms with E-state index in [1.54, 1.807) is 0 Å². The minimum Gasteiger partial charge on any atom is -0.478 e. The molecule has 0 aliphatic carbocycles. The van der Waals surface area contributed by atoms with Crippen LogP contribution in [-0.4, -0.2) is 89.3 Å². The number of benzene rings is 1. The quantitative estimate of drug-likeness (QED) is 0.0968. The lowest BCUT2D eigenvalue weighted by Crippen LogP contribution is -2.64. The number of carboxylic acids is 1. The van der Waals surface area contributed by atoms with Crippen LogP contribution in [0.5, 0.6) is 0 Å². The fourth-order valence-corrected chi connectivity index (χ4v) is 5.77. The van der Waals surface area contributed by atoms with E-state index in [0.29, 0.717) is 18.8 Å². The Morgan fingerprint density at radius 2 is 1.93 bits per heavy atom. The summed E-state index contributed by atoms with van der Waals surface area (Å²) in [6.07, 6.45) is 0.940. The Labute approximate surface area is 250 Å². The highest BCUT2D eigenvalue weighted by Crippen LogP contribution is 2.34. The van der Waals surface area contributed by atoms with Crippen molar-refractivity contribution in [3.63, 3.8) is 0 Å². The predicted molar refractivity (Wildman–Crippen MR) is 153 cm³/mol. The Morgan fingerprint density at radius 1 is 1.23 bits per heavy atom. The monoisotopic (exact) mass is 634 g/mol. The van der Waals surface area contributed by atoms with E-state index < -0.39 is 57.7 Å². The summed E-state index contributed by atoms with van der Waals surface area (Å²) in [5.41, 5.74) is 5.14. The molecule has 3 heterocycles. The van der Waals surface area contributed by atoms with Gasteiger partial charge in [0.05, 0.1) is 30.4 Å². The number of hydrogen-bond acceptors (Lipinski definition) is 13. The highest BCUT2D eigenvalue weighted by molar-refractivity contribution is 7.84. The summed E-state index contributed by atoms with van der Waals surface area (Å²) < 4.78 is 34.0. The van der Waals surface area contributed by atoms with Crippen LogP contribution in [0.2, 0.25) is 0 Å². The Morgan fingerprint density at radius 3 is 2.53 bits per heavy atom. The molecular weight excluding hydrogens is 604 g/mol. The maximum atomic E-state index is 13.4. The molecule has 2 aromatic heterocycles. The fraction of sp³-hybridized carbons (Fsp3) is 0.400. The van der Waals surface area contributed by atoms with Crippen molar-refractivity contribution >= 4 is 50.1 Å². The third-order valence-electron chi connectivity index (χ3n) is 6.52. The first kappa shape index (κ1) is 31.7. The standard InChI is InChI=1S/C25H30N8O8S2/c1-25(2,23(36)37)41-30-21(18-14-42-24(26)28-18)20(34)9-17-19(33(22(17)35)43(38,39)40)13-32-27-10-16(29-32)12-31(3)11-15-7-5-4-6-8-15/h4-8,10,14,17,19H,9,11-13H2,1-3H3,(H2,26,28)(H,36,37)(H,38,39,40)/b30-21-/t17-,19+/m0/s1. The van der Waals surface area contributed by atoms with Crippen molar-refractivity contribution in [2.75, 3.05) is 12.8 Å². The van der Waals surface area contributed by atoms with E-state index in [4.69, 9.17) is 10.6 Å². The number of carboxylic acid groups (broad SMARTS) is 1. The molecule has 1 amide bonds. The molecule has 1 fully saturated rings. The van der Waals surface area contributed by atoms with Crippen molar-refractivity contribution in [3.8, 4) is 0 Å². The van der Waals surface area contributed by atoms with Gasteiger partial charge in [0.1, 0.15) is 5.69 Å². The van der Waals surface area contributed by atoms with Crippen molar-refractivity contribution < 1.29 is 37.3 Å². The van der Waals surface area contributed by atoms with Crippen LogP contribution in [0.4, 0.5) is 5.13 Å². The maximum absolute atomic E-state index is 13.4. The van der Waals surface area contributed by atoms with Crippen molar-refractivity contribution in [1.82, 2.24) is 29.2 Å². The van der Waals surface area contributed by atoms with E-state index in [1.807, 2.05) is 42.3 Å². The summed E-state index contributed by atoms with van der Waals surface area (Å²) in [6, 6.07) is 8.58. The zero-order valence-electron chi connectivity index (χ0n) is 23.4. The van der Waals surface area contributed by atoms with Gasteiger partial charge in [-0.3, -0.25) is 19.0 Å². The maximum Gasteiger partial charge on any atom is 0.362 e. The smallest absolute Gasteiger partial charge is 0.362 e. The Balaban J connectivity index is 1.51. The molecule has 0 spiro atoms. The van der Waals surface area contributed by atoms with Crippen molar-refractivity contribution in [2.45, 2.75) is 51.5 Å². The molecule has 4 N–H and O–H groups in total. The molecule has 1 aliphatic heterocycles. The van der Waals surface area contributed by atoms with E-state index in [0.717, 1.165) is 16.9 Å². The number of β-lactam (4-membered cyclic amide) rings is 1. The lowest BCUT2D eigenvalue weighted by Gasteiger charge is -2.43. The molecule has 0 radical (unpaired) electrons. The zero-order chi connectivity index (χ0) is 31.5. The van der Waals surface area contributed by atoms with Crippen LogP contribution in [0.25, 0.3) is 0 Å². The lowest BCUT2D eigenvalue weighted by molar-refractivity contribution is -0.161. The van der Waals surface area contributed by atoms with Crippen LogP contribution in [0.1, 0.15) is 37.2 Å². The molecule has 4 rings (SSSR count). The summed E-state index contributed by atoms with van der Waals surface area (Å²) >= 11 is 0.993. The van der Waals surface area contributed by atoms with Gasteiger partial charge in [-0.2, -0.15) is 23.4 Å². The van der Waals surface area contributed by atoms with Gasteiger partial charge >= 0.3 is 16.3 Å². The van der Waals surface area contributed by atoms with E-state index in [-0.39, 0.29) is 21.7 Å². The second-order valence-corrected chi connectivity index (χ2v) is 12.6. The molecule has 230 valence electrons. The van der Waals surface area contributed by atoms with Gasteiger partial charge in [0.2, 0.25) is 11.5 Å².